The summed E-state index contributed by atoms with van der Waals surface area (Å²) < 4.78 is 66.6. The van der Waals surface area contributed by atoms with Crippen molar-refractivity contribution in [3.8, 4) is 0 Å². The molecule has 3 aromatic rings. The van der Waals surface area contributed by atoms with Crippen molar-refractivity contribution < 1.29 is 26.4 Å². The van der Waals surface area contributed by atoms with Crippen molar-refractivity contribution in [2.75, 3.05) is 10.0 Å². The van der Waals surface area contributed by atoms with Gasteiger partial charge in [-0.3, -0.25) is 4.79 Å². The van der Waals surface area contributed by atoms with E-state index in [0.29, 0.717) is 11.4 Å². The van der Waals surface area contributed by atoms with Crippen LogP contribution in [-0.4, -0.2) is 24.3 Å². The highest BCUT2D eigenvalue weighted by molar-refractivity contribution is 7.92. The molecule has 0 unspecified atom stereocenters. The van der Waals surface area contributed by atoms with Gasteiger partial charge in [0.25, 0.3) is 15.9 Å². The summed E-state index contributed by atoms with van der Waals surface area (Å²) in [6, 6.07) is 11.0. The van der Waals surface area contributed by atoms with Gasteiger partial charge in [0.05, 0.1) is 16.0 Å². The Morgan fingerprint density at radius 2 is 1.52 bits per heavy atom. The van der Waals surface area contributed by atoms with Crippen LogP contribution in [0.2, 0.25) is 0 Å². The number of amides is 1. The summed E-state index contributed by atoms with van der Waals surface area (Å²) in [6.07, 6.45) is -4.69. The molecule has 0 saturated heterocycles. The van der Waals surface area contributed by atoms with Crippen LogP contribution in [0.3, 0.4) is 0 Å². The average molecular weight is 450 g/mol. The van der Waals surface area contributed by atoms with E-state index in [0.717, 1.165) is 12.1 Å². The Morgan fingerprint density at radius 1 is 0.935 bits per heavy atom. The minimum Gasteiger partial charge on any atom is -0.322 e. The molecule has 0 aliphatic heterocycles. The third-order valence-electron chi connectivity index (χ3n) is 4.11. The summed E-state index contributed by atoms with van der Waals surface area (Å²) >= 11 is 0. The largest absolute Gasteiger partial charge is 0.417 e. The molecule has 0 saturated carbocycles. The van der Waals surface area contributed by atoms with E-state index < -0.39 is 33.2 Å². The van der Waals surface area contributed by atoms with E-state index in [1.165, 1.54) is 36.4 Å². The molecule has 11 heteroatoms. The van der Waals surface area contributed by atoms with Crippen molar-refractivity contribution >= 4 is 27.6 Å². The molecule has 1 amide bonds. The third kappa shape index (κ3) is 5.37. The van der Waals surface area contributed by atoms with Gasteiger partial charge < -0.3 is 5.32 Å². The number of aryl methyl sites for hydroxylation is 2. The van der Waals surface area contributed by atoms with Crippen molar-refractivity contribution in [1.82, 2.24) is 9.97 Å². The number of rotatable bonds is 5. The number of nitrogens with zero attached hydrogens (tertiary/aromatic N) is 2. The molecule has 7 nitrogen and oxygen atoms in total. The van der Waals surface area contributed by atoms with E-state index in [2.05, 4.69) is 20.0 Å². The second kappa shape index (κ2) is 8.34. The van der Waals surface area contributed by atoms with Crippen LogP contribution in [0.5, 0.6) is 0 Å². The van der Waals surface area contributed by atoms with Crippen molar-refractivity contribution in [2.24, 2.45) is 0 Å². The van der Waals surface area contributed by atoms with Gasteiger partial charge in [0.15, 0.2) is 0 Å². The standard InChI is InChI=1S/C20H17F3N4O3S/c1-12-11-13(2)25-19(24-12)27-31(29,30)15-9-7-14(8-10-15)26-18(28)16-5-3-4-6-17(16)20(21,22)23/h3-11H,1-2H3,(H,26,28)(H,24,25,27). The number of halogens is 3. The van der Waals surface area contributed by atoms with E-state index in [9.17, 15) is 26.4 Å². The summed E-state index contributed by atoms with van der Waals surface area (Å²) in [5, 5.41) is 2.34. The van der Waals surface area contributed by atoms with Crippen LogP contribution in [0.25, 0.3) is 0 Å². The molecule has 31 heavy (non-hydrogen) atoms. The van der Waals surface area contributed by atoms with Gasteiger partial charge in [0.1, 0.15) is 0 Å². The minimum atomic E-state index is -4.69. The lowest BCUT2D eigenvalue weighted by molar-refractivity contribution is -0.137. The summed E-state index contributed by atoms with van der Waals surface area (Å²) in [5.41, 5.74) is -0.307. The summed E-state index contributed by atoms with van der Waals surface area (Å²) in [6.45, 7) is 3.39. The molecule has 162 valence electrons. The first-order valence-electron chi connectivity index (χ1n) is 8.88. The second-order valence-corrected chi connectivity index (χ2v) is 8.28. The monoisotopic (exact) mass is 450 g/mol. The van der Waals surface area contributed by atoms with Crippen LogP contribution in [0.15, 0.2) is 59.5 Å². The molecule has 1 aromatic heterocycles. The van der Waals surface area contributed by atoms with Gasteiger partial charge in [-0.15, -0.1) is 0 Å². The Balaban J connectivity index is 1.78. The first kappa shape index (κ1) is 22.2. The summed E-state index contributed by atoms with van der Waals surface area (Å²) in [4.78, 5) is 20.2. The molecule has 0 atom stereocenters. The highest BCUT2D eigenvalue weighted by atomic mass is 32.2. The van der Waals surface area contributed by atoms with E-state index in [4.69, 9.17) is 0 Å². The zero-order chi connectivity index (χ0) is 22.8. The van der Waals surface area contributed by atoms with E-state index in [1.54, 1.807) is 19.9 Å². The number of carbonyl (C=O) groups is 1. The quantitative estimate of drug-likeness (QED) is 0.608. The van der Waals surface area contributed by atoms with E-state index >= 15 is 0 Å². The first-order valence-corrected chi connectivity index (χ1v) is 10.4. The summed E-state index contributed by atoms with van der Waals surface area (Å²) in [5.74, 6) is -1.05. The van der Waals surface area contributed by atoms with Crippen molar-refractivity contribution in [1.29, 1.82) is 0 Å². The second-order valence-electron chi connectivity index (χ2n) is 6.60. The molecule has 0 bridgehead atoms. The number of benzene rings is 2. The molecule has 3 rings (SSSR count). The van der Waals surface area contributed by atoms with Crippen molar-refractivity contribution in [2.45, 2.75) is 24.9 Å². The maximum Gasteiger partial charge on any atom is 0.417 e. The van der Waals surface area contributed by atoms with Crippen LogP contribution in [0.4, 0.5) is 24.8 Å². The minimum absolute atomic E-state index is 0.0846. The van der Waals surface area contributed by atoms with Crippen LogP contribution >= 0.6 is 0 Å². The SMILES string of the molecule is Cc1cc(C)nc(NS(=O)(=O)c2ccc(NC(=O)c3ccccc3C(F)(F)F)cc2)n1. The number of anilines is 2. The molecule has 0 aliphatic carbocycles. The van der Waals surface area contributed by atoms with Gasteiger partial charge >= 0.3 is 6.18 Å². The Bertz CT molecular complexity index is 1210. The number of hydrogen-bond acceptors (Lipinski definition) is 5. The van der Waals surface area contributed by atoms with E-state index in [1.807, 2.05) is 0 Å². The molecule has 0 radical (unpaired) electrons. The molecule has 0 spiro atoms. The Labute approximate surface area is 176 Å². The number of nitrogens with one attached hydrogen (secondary N) is 2. The lowest BCUT2D eigenvalue weighted by atomic mass is 10.1. The van der Waals surface area contributed by atoms with Gasteiger partial charge in [0.2, 0.25) is 5.95 Å². The number of carbonyl (C=O) groups excluding carboxylic acids is 1. The van der Waals surface area contributed by atoms with Crippen molar-refractivity contribution in [3.05, 3.63) is 77.1 Å². The maximum absolute atomic E-state index is 13.1. The van der Waals surface area contributed by atoms with Crippen LogP contribution in [0, 0.1) is 13.8 Å². The smallest absolute Gasteiger partial charge is 0.322 e. The van der Waals surface area contributed by atoms with Crippen LogP contribution in [-0.2, 0) is 16.2 Å². The summed E-state index contributed by atoms with van der Waals surface area (Å²) in [7, 11) is -4.01. The van der Waals surface area contributed by atoms with Crippen LogP contribution in [0.1, 0.15) is 27.3 Å². The van der Waals surface area contributed by atoms with Gasteiger partial charge in [-0.05, 0) is 56.3 Å². The average Bonchev–Trinajstić information content (AvgIpc) is 2.66. The number of hydrogen-bond donors (Lipinski definition) is 2. The molecule has 1 heterocycles. The lowest BCUT2D eigenvalue weighted by Gasteiger charge is -2.13. The lowest BCUT2D eigenvalue weighted by Crippen LogP contribution is -2.19. The fourth-order valence-electron chi connectivity index (χ4n) is 2.79. The maximum atomic E-state index is 13.1. The fraction of sp³-hybridized carbons (Fsp3) is 0.150. The predicted molar refractivity (Wildman–Crippen MR) is 108 cm³/mol. The number of alkyl halides is 3. The fourth-order valence-corrected chi connectivity index (χ4v) is 3.74. The number of aromatic nitrogens is 2. The molecule has 0 fully saturated rings. The molecular formula is C20H17F3N4O3S. The molecule has 2 aromatic carbocycles. The van der Waals surface area contributed by atoms with Crippen LogP contribution < -0.4 is 10.0 Å². The number of sulfonamides is 1. The molecule has 2 N–H and O–H groups in total. The Hall–Kier alpha value is -3.47. The predicted octanol–water partition coefficient (Wildman–Crippen LogP) is 4.17. The van der Waals surface area contributed by atoms with Gasteiger partial charge in [-0.1, -0.05) is 12.1 Å². The van der Waals surface area contributed by atoms with Gasteiger partial charge in [0, 0.05) is 17.1 Å². The molecule has 0 aliphatic rings. The van der Waals surface area contributed by atoms with Gasteiger partial charge in [-0.25, -0.2) is 23.1 Å². The van der Waals surface area contributed by atoms with Crippen molar-refractivity contribution in [3.63, 3.8) is 0 Å². The third-order valence-corrected chi connectivity index (χ3v) is 5.45. The Kier molecular flexibility index (Phi) is 5.98. The van der Waals surface area contributed by atoms with Gasteiger partial charge in [-0.2, -0.15) is 13.2 Å². The first-order chi connectivity index (χ1) is 14.5. The highest BCUT2D eigenvalue weighted by Gasteiger charge is 2.34. The normalized spacial score (nSPS) is 11.8. The highest BCUT2D eigenvalue weighted by Crippen LogP contribution is 2.32. The zero-order valence-corrected chi connectivity index (χ0v) is 17.2. The zero-order valence-electron chi connectivity index (χ0n) is 16.4. The molecular weight excluding hydrogens is 433 g/mol. The van der Waals surface area contributed by atoms with E-state index in [-0.39, 0.29) is 16.5 Å². The topological polar surface area (TPSA) is 101 Å². The Morgan fingerprint density at radius 3 is 2.10 bits per heavy atom.